The molecule has 0 unspecified atom stereocenters. The van der Waals surface area contributed by atoms with E-state index in [1.54, 1.807) is 6.20 Å². The molecular formula is C9H14NO4P. The Morgan fingerprint density at radius 2 is 2.07 bits per heavy atom. The molecule has 0 saturated carbocycles. The molecular weight excluding hydrogens is 217 g/mol. The predicted molar refractivity (Wildman–Crippen MR) is 55.5 cm³/mol. The monoisotopic (exact) mass is 231 g/mol. The lowest BCUT2D eigenvalue weighted by atomic mass is 10.3. The van der Waals surface area contributed by atoms with E-state index in [1.807, 2.05) is 18.2 Å². The molecule has 0 saturated heterocycles. The standard InChI is InChI=1S/C9H14NO4P/c1-12-15(11,13-2)14-8-6-9-5-3-4-7-10-9/h3-5,7H,6,8H2,1-2H3. The van der Waals surface area contributed by atoms with Crippen molar-refractivity contribution in [2.75, 3.05) is 20.8 Å². The average molecular weight is 231 g/mol. The molecule has 0 radical (unpaired) electrons. The van der Waals surface area contributed by atoms with Gasteiger partial charge in [0.05, 0.1) is 6.61 Å². The minimum atomic E-state index is -3.35. The van der Waals surface area contributed by atoms with Crippen LogP contribution in [0.15, 0.2) is 24.4 Å². The zero-order valence-corrected chi connectivity index (χ0v) is 9.65. The van der Waals surface area contributed by atoms with Crippen molar-refractivity contribution in [2.45, 2.75) is 6.42 Å². The van der Waals surface area contributed by atoms with Gasteiger partial charge in [-0.15, -0.1) is 0 Å². The summed E-state index contributed by atoms with van der Waals surface area (Å²) < 4.78 is 25.7. The zero-order chi connectivity index (χ0) is 11.1. The van der Waals surface area contributed by atoms with Gasteiger partial charge in [-0.2, -0.15) is 0 Å². The van der Waals surface area contributed by atoms with E-state index >= 15 is 0 Å². The van der Waals surface area contributed by atoms with E-state index < -0.39 is 7.82 Å². The molecule has 0 fully saturated rings. The maximum absolute atomic E-state index is 11.5. The molecule has 0 aliphatic heterocycles. The van der Waals surface area contributed by atoms with Gasteiger partial charge in [-0.1, -0.05) is 6.07 Å². The lowest BCUT2D eigenvalue weighted by Crippen LogP contribution is -2.01. The summed E-state index contributed by atoms with van der Waals surface area (Å²) in [5.74, 6) is 0. The van der Waals surface area contributed by atoms with Crippen molar-refractivity contribution in [3.63, 3.8) is 0 Å². The van der Waals surface area contributed by atoms with E-state index in [4.69, 9.17) is 4.52 Å². The normalized spacial score (nSPS) is 11.6. The second-order valence-corrected chi connectivity index (χ2v) is 4.60. The molecule has 1 aromatic heterocycles. The fourth-order valence-electron chi connectivity index (χ4n) is 0.988. The SMILES string of the molecule is COP(=O)(OC)OCCc1ccccn1. The lowest BCUT2D eigenvalue weighted by Gasteiger charge is -2.12. The van der Waals surface area contributed by atoms with E-state index in [0.717, 1.165) is 5.69 Å². The maximum Gasteiger partial charge on any atom is 0.474 e. The van der Waals surface area contributed by atoms with Crippen molar-refractivity contribution in [1.82, 2.24) is 4.98 Å². The van der Waals surface area contributed by atoms with Crippen LogP contribution in [0.3, 0.4) is 0 Å². The van der Waals surface area contributed by atoms with E-state index in [9.17, 15) is 4.57 Å². The van der Waals surface area contributed by atoms with Gasteiger partial charge in [0.1, 0.15) is 0 Å². The summed E-state index contributed by atoms with van der Waals surface area (Å²) in [5.41, 5.74) is 0.872. The summed E-state index contributed by atoms with van der Waals surface area (Å²) in [6, 6.07) is 5.59. The fourth-order valence-corrected chi connectivity index (χ4v) is 1.66. The summed E-state index contributed by atoms with van der Waals surface area (Å²) in [5, 5.41) is 0. The van der Waals surface area contributed by atoms with Crippen LogP contribution in [-0.4, -0.2) is 25.8 Å². The molecule has 0 aromatic carbocycles. The highest BCUT2D eigenvalue weighted by Crippen LogP contribution is 2.47. The molecule has 1 heterocycles. The molecule has 0 N–H and O–H groups in total. The second kappa shape index (κ2) is 5.98. The van der Waals surface area contributed by atoms with Gasteiger partial charge in [0.2, 0.25) is 0 Å². The zero-order valence-electron chi connectivity index (χ0n) is 8.75. The third kappa shape index (κ3) is 4.10. The number of nitrogens with zero attached hydrogens (tertiary/aromatic N) is 1. The Bertz CT molecular complexity index is 322. The molecule has 84 valence electrons. The minimum Gasteiger partial charge on any atom is -0.290 e. The Labute approximate surface area is 89.0 Å². The number of pyridine rings is 1. The van der Waals surface area contributed by atoms with Crippen molar-refractivity contribution < 1.29 is 18.1 Å². The first-order valence-corrected chi connectivity index (χ1v) is 5.92. The first kappa shape index (κ1) is 12.3. The number of hydrogen-bond donors (Lipinski definition) is 0. The van der Waals surface area contributed by atoms with Crippen molar-refractivity contribution in [3.8, 4) is 0 Å². The van der Waals surface area contributed by atoms with Crippen LogP contribution in [0, 0.1) is 0 Å². The summed E-state index contributed by atoms with van der Waals surface area (Å²) in [6.45, 7) is 0.246. The van der Waals surface area contributed by atoms with E-state index in [2.05, 4.69) is 14.0 Å². The van der Waals surface area contributed by atoms with Crippen LogP contribution in [0.2, 0.25) is 0 Å². The summed E-state index contributed by atoms with van der Waals surface area (Å²) in [6.07, 6.45) is 2.26. The van der Waals surface area contributed by atoms with Crippen molar-refractivity contribution in [2.24, 2.45) is 0 Å². The molecule has 0 atom stereocenters. The van der Waals surface area contributed by atoms with Gasteiger partial charge in [0, 0.05) is 32.5 Å². The Balaban J connectivity index is 2.36. The Morgan fingerprint density at radius 1 is 1.33 bits per heavy atom. The van der Waals surface area contributed by atoms with Gasteiger partial charge >= 0.3 is 7.82 Å². The van der Waals surface area contributed by atoms with Gasteiger partial charge in [-0.3, -0.25) is 18.6 Å². The molecule has 15 heavy (non-hydrogen) atoms. The minimum absolute atomic E-state index is 0.246. The highest BCUT2D eigenvalue weighted by Gasteiger charge is 2.21. The largest absolute Gasteiger partial charge is 0.474 e. The molecule has 0 spiro atoms. The number of phosphoric acid groups is 1. The highest BCUT2D eigenvalue weighted by atomic mass is 31.2. The van der Waals surface area contributed by atoms with Gasteiger partial charge in [-0.25, -0.2) is 4.57 Å². The quantitative estimate of drug-likeness (QED) is 0.701. The van der Waals surface area contributed by atoms with Crippen LogP contribution < -0.4 is 0 Å². The first-order valence-electron chi connectivity index (χ1n) is 4.46. The second-order valence-electron chi connectivity index (χ2n) is 2.72. The first-order chi connectivity index (χ1) is 7.20. The molecule has 0 amide bonds. The van der Waals surface area contributed by atoms with E-state index in [-0.39, 0.29) is 6.61 Å². The molecule has 0 aliphatic carbocycles. The Hall–Kier alpha value is -0.740. The Morgan fingerprint density at radius 3 is 2.60 bits per heavy atom. The van der Waals surface area contributed by atoms with Crippen LogP contribution >= 0.6 is 7.82 Å². The molecule has 0 bridgehead atoms. The Kier molecular flexibility index (Phi) is 4.91. The molecule has 1 rings (SSSR count). The summed E-state index contributed by atoms with van der Waals surface area (Å²) in [4.78, 5) is 4.10. The van der Waals surface area contributed by atoms with Gasteiger partial charge in [-0.05, 0) is 12.1 Å². The van der Waals surface area contributed by atoms with Crippen molar-refractivity contribution in [1.29, 1.82) is 0 Å². The van der Waals surface area contributed by atoms with Gasteiger partial charge in [0.25, 0.3) is 0 Å². The molecule has 5 nitrogen and oxygen atoms in total. The van der Waals surface area contributed by atoms with E-state index in [0.29, 0.717) is 6.42 Å². The topological polar surface area (TPSA) is 57.7 Å². The smallest absolute Gasteiger partial charge is 0.290 e. The third-order valence-corrected chi connectivity index (χ3v) is 3.17. The van der Waals surface area contributed by atoms with Crippen LogP contribution in [0.4, 0.5) is 0 Å². The average Bonchev–Trinajstić information content (AvgIpc) is 2.30. The van der Waals surface area contributed by atoms with Crippen LogP contribution in [0.25, 0.3) is 0 Å². The summed E-state index contributed by atoms with van der Waals surface area (Å²) in [7, 11) is -0.780. The highest BCUT2D eigenvalue weighted by molar-refractivity contribution is 7.48. The number of rotatable bonds is 6. The molecule has 0 aliphatic rings. The molecule has 1 aromatic rings. The van der Waals surface area contributed by atoms with Crippen LogP contribution in [0.1, 0.15) is 5.69 Å². The number of hydrogen-bond acceptors (Lipinski definition) is 5. The van der Waals surface area contributed by atoms with Crippen molar-refractivity contribution >= 4 is 7.82 Å². The van der Waals surface area contributed by atoms with Crippen LogP contribution in [0.5, 0.6) is 0 Å². The fraction of sp³-hybridized carbons (Fsp3) is 0.444. The number of aromatic nitrogens is 1. The summed E-state index contributed by atoms with van der Waals surface area (Å²) >= 11 is 0. The lowest BCUT2D eigenvalue weighted by molar-refractivity contribution is 0.153. The number of phosphoric ester groups is 1. The predicted octanol–water partition coefficient (Wildman–Crippen LogP) is 2.04. The molecule has 6 heteroatoms. The maximum atomic E-state index is 11.5. The van der Waals surface area contributed by atoms with Gasteiger partial charge < -0.3 is 0 Å². The van der Waals surface area contributed by atoms with E-state index in [1.165, 1.54) is 14.2 Å². The van der Waals surface area contributed by atoms with Gasteiger partial charge in [0.15, 0.2) is 0 Å². The third-order valence-electron chi connectivity index (χ3n) is 1.78. The van der Waals surface area contributed by atoms with Crippen LogP contribution in [-0.2, 0) is 24.6 Å². The van der Waals surface area contributed by atoms with Crippen molar-refractivity contribution in [3.05, 3.63) is 30.1 Å².